The average Bonchev–Trinajstić information content (AvgIpc) is 3.92. The number of cyclic esters (lactones) is 1. The lowest BCUT2D eigenvalue weighted by Gasteiger charge is -2.62. The maximum absolute atomic E-state index is 17.9. The number of alkyl halides is 1. The van der Waals surface area contributed by atoms with Crippen LogP contribution in [0.15, 0.2) is 23.6 Å². The maximum Gasteiger partial charge on any atom is 0.311 e. The zero-order valence-electron chi connectivity index (χ0n) is 50.6. The van der Waals surface area contributed by atoms with Crippen molar-refractivity contribution in [3.63, 3.8) is 0 Å². The second kappa shape index (κ2) is 24.3. The molecule has 0 spiro atoms. The monoisotopic (exact) mass is 1160 g/mol. The topological polar surface area (TPSA) is 276 Å². The number of nitrogens with one attached hydrogen (secondary N) is 2. The summed E-state index contributed by atoms with van der Waals surface area (Å²) < 4.78 is 72.0. The van der Waals surface area contributed by atoms with Crippen LogP contribution in [0.4, 0.5) is 8.78 Å². The number of amides is 1. The van der Waals surface area contributed by atoms with Crippen LogP contribution in [-0.2, 0) is 42.8 Å². The molecule has 9 N–H and O–H groups in total. The van der Waals surface area contributed by atoms with Gasteiger partial charge in [0.1, 0.15) is 35.8 Å². The highest BCUT2D eigenvalue weighted by atomic mass is 19.1. The Hall–Kier alpha value is -2.61. The van der Waals surface area contributed by atoms with Gasteiger partial charge in [0.2, 0.25) is 0 Å². The second-order valence-electron chi connectivity index (χ2n) is 27.0. The number of ketones is 1. The van der Waals surface area contributed by atoms with Gasteiger partial charge in [0, 0.05) is 80.8 Å². The first-order chi connectivity index (χ1) is 37.5. The van der Waals surface area contributed by atoms with Crippen molar-refractivity contribution in [2.75, 3.05) is 33.8 Å². The molecule has 21 heteroatoms. The summed E-state index contributed by atoms with van der Waals surface area (Å²) in [6.45, 7) is 22.3. The molecule has 19 nitrogen and oxygen atoms in total. The zero-order chi connectivity index (χ0) is 60.5. The Morgan fingerprint density at radius 1 is 0.901 bits per heavy atom. The van der Waals surface area contributed by atoms with Crippen LogP contribution in [0, 0.1) is 46.3 Å². The molecule has 81 heavy (non-hydrogen) atoms. The molecular weight excluding hydrogens is 1060 g/mol. The van der Waals surface area contributed by atoms with Gasteiger partial charge in [-0.1, -0.05) is 40.7 Å². The van der Waals surface area contributed by atoms with E-state index >= 15 is 8.78 Å². The molecule has 0 radical (unpaired) electrons. The summed E-state index contributed by atoms with van der Waals surface area (Å²) in [5, 5.41) is 91.1. The minimum atomic E-state index is -2.37. The molecule has 7 rings (SSSR count). The number of nitrogens with zero attached hydrogens (tertiary/aromatic N) is 1. The third kappa shape index (κ3) is 11.6. The first kappa shape index (κ1) is 65.9. The van der Waals surface area contributed by atoms with Crippen molar-refractivity contribution in [1.82, 2.24) is 15.5 Å². The molecule has 3 heterocycles. The molecule has 2 unspecified atom stereocenters. The van der Waals surface area contributed by atoms with E-state index in [-0.39, 0.29) is 88.5 Å². The predicted molar refractivity (Wildman–Crippen MR) is 294 cm³/mol. The third-order valence-electron chi connectivity index (χ3n) is 21.3. The number of fused-ring (bicyclic) bond motifs is 5. The van der Waals surface area contributed by atoms with Gasteiger partial charge < -0.3 is 74.8 Å². The smallest absolute Gasteiger partial charge is 0.311 e. The largest absolute Gasteiger partial charge is 0.459 e. The van der Waals surface area contributed by atoms with Crippen molar-refractivity contribution in [2.45, 2.75) is 255 Å². The summed E-state index contributed by atoms with van der Waals surface area (Å²) in [6, 6.07) is -1.26. The van der Waals surface area contributed by atoms with Crippen molar-refractivity contribution >= 4 is 17.7 Å². The van der Waals surface area contributed by atoms with Crippen LogP contribution < -0.4 is 10.6 Å². The molecule has 0 aromatic rings. The number of ether oxygens (including phenoxy) is 6. The lowest BCUT2D eigenvalue weighted by molar-refractivity contribution is -0.316. The van der Waals surface area contributed by atoms with E-state index in [1.165, 1.54) is 33.1 Å². The maximum atomic E-state index is 17.9. The Balaban J connectivity index is 1.16. The van der Waals surface area contributed by atoms with E-state index in [0.29, 0.717) is 6.42 Å². The molecule has 7 aliphatic rings. The summed E-state index contributed by atoms with van der Waals surface area (Å²) in [6.07, 6.45) is -9.73. The number of esters is 1. The number of carbonyl (C=O) groups is 3. The lowest BCUT2D eigenvalue weighted by Crippen LogP contribution is -2.70. The van der Waals surface area contributed by atoms with Crippen molar-refractivity contribution < 1.29 is 87.3 Å². The number of halogens is 2. The molecule has 3 aliphatic heterocycles. The first-order valence-electron chi connectivity index (χ1n) is 29.8. The predicted octanol–water partition coefficient (Wildman–Crippen LogP) is 4.08. The average molecular weight is 1160 g/mol. The van der Waals surface area contributed by atoms with Crippen LogP contribution in [-0.4, -0.2) is 200 Å². The summed E-state index contributed by atoms with van der Waals surface area (Å²) in [5.74, 6) is -7.45. The summed E-state index contributed by atoms with van der Waals surface area (Å²) >= 11 is 0. The number of methoxy groups -OCH3 is 1. The van der Waals surface area contributed by atoms with E-state index in [1.807, 2.05) is 18.7 Å². The molecule has 5 fully saturated rings. The van der Waals surface area contributed by atoms with E-state index in [2.05, 4.69) is 10.6 Å². The van der Waals surface area contributed by atoms with Gasteiger partial charge in [-0.3, -0.25) is 19.3 Å². The van der Waals surface area contributed by atoms with Crippen LogP contribution in [0.5, 0.6) is 0 Å². The quantitative estimate of drug-likeness (QED) is 0.0984. The Bertz CT molecular complexity index is 2330. The van der Waals surface area contributed by atoms with Crippen LogP contribution in [0.25, 0.3) is 0 Å². The molecule has 26 atom stereocenters. The molecule has 0 aromatic heterocycles. The SMILES string of the molecule is CC[C@H]1OC(=O)[C@H](C)[C@@H](O[C@H]2C[C@@](C)(OC)[C@@H](O)[C@H](C)O2)[C@H](C)[C@@H](O[C@@H]2O[C@H](C)C[C@H](NC)[C@H]2O)[C@](C)(O)C[C@@H](C)CN(CCCNC(=O)[C@@]2(O)[C@H](C)CC3C4CC(F)=C5CC(=O)C=C[C@]5(C)[C@@]4(F)[C@@H](O)C[C@@]32C)[C@H](C)[C@@H](O)[C@]1(C)O. The van der Waals surface area contributed by atoms with Gasteiger partial charge in [0.05, 0.1) is 47.6 Å². The molecule has 1 amide bonds. The number of hydrogen-bond donors (Lipinski definition) is 9. The highest BCUT2D eigenvalue weighted by Gasteiger charge is 2.76. The fourth-order valence-electron chi connectivity index (χ4n) is 16.3. The van der Waals surface area contributed by atoms with Gasteiger partial charge in [-0.15, -0.1) is 0 Å². The number of carbonyl (C=O) groups excluding carboxylic acids is 3. The first-order valence-corrected chi connectivity index (χ1v) is 29.8. The highest BCUT2D eigenvalue weighted by Crippen LogP contribution is 2.71. The number of aliphatic hydroxyl groups excluding tert-OH is 4. The number of rotatable bonds is 12. The van der Waals surface area contributed by atoms with Crippen LogP contribution in [0.3, 0.4) is 0 Å². The fourth-order valence-corrected chi connectivity index (χ4v) is 16.3. The molecular formula is C60H99F2N3O16. The Kier molecular flexibility index (Phi) is 19.8. The molecule has 2 saturated carbocycles. The van der Waals surface area contributed by atoms with E-state index in [4.69, 9.17) is 28.4 Å². The molecule has 0 aromatic carbocycles. The second-order valence-corrected chi connectivity index (χ2v) is 27.0. The van der Waals surface area contributed by atoms with E-state index < -0.39 is 166 Å². The summed E-state index contributed by atoms with van der Waals surface area (Å²) in [7, 11) is 3.20. The normalized spacial score (nSPS) is 50.4. The fraction of sp³-hybridized carbons (Fsp3) is 0.883. The number of aliphatic hydroxyl groups is 7. The summed E-state index contributed by atoms with van der Waals surface area (Å²) in [4.78, 5) is 43.6. The van der Waals surface area contributed by atoms with Crippen LogP contribution >= 0.6 is 0 Å². The Labute approximate surface area is 478 Å². The summed E-state index contributed by atoms with van der Waals surface area (Å²) in [5.41, 5.74) is -12.3. The Morgan fingerprint density at radius 2 is 1.57 bits per heavy atom. The van der Waals surface area contributed by atoms with Gasteiger partial charge in [0.25, 0.3) is 5.91 Å². The van der Waals surface area contributed by atoms with E-state index in [1.54, 1.807) is 69.4 Å². The number of hydrogen-bond acceptors (Lipinski definition) is 18. The third-order valence-corrected chi connectivity index (χ3v) is 21.3. The molecule has 464 valence electrons. The van der Waals surface area contributed by atoms with E-state index in [9.17, 15) is 50.1 Å². The molecule has 0 bridgehead atoms. The molecule has 4 aliphatic carbocycles. The van der Waals surface area contributed by atoms with Crippen LogP contribution in [0.1, 0.15) is 148 Å². The molecule has 3 saturated heterocycles. The van der Waals surface area contributed by atoms with Crippen molar-refractivity contribution in [2.24, 2.45) is 46.3 Å². The zero-order valence-corrected chi connectivity index (χ0v) is 50.6. The van der Waals surface area contributed by atoms with Gasteiger partial charge in [0.15, 0.2) is 29.6 Å². The lowest BCUT2D eigenvalue weighted by atomic mass is 9.45. The van der Waals surface area contributed by atoms with Crippen molar-refractivity contribution in [3.05, 3.63) is 23.6 Å². The van der Waals surface area contributed by atoms with Gasteiger partial charge >= 0.3 is 5.97 Å². The number of likely N-dealkylation sites (N-methyl/N-ethyl adjacent to an activating group) is 1. The van der Waals surface area contributed by atoms with E-state index in [0.717, 1.165) is 0 Å². The highest BCUT2D eigenvalue weighted by molar-refractivity contribution is 5.94. The van der Waals surface area contributed by atoms with Crippen molar-refractivity contribution in [3.8, 4) is 0 Å². The minimum Gasteiger partial charge on any atom is -0.459 e. The minimum absolute atomic E-state index is 0.0106. The van der Waals surface area contributed by atoms with Crippen LogP contribution in [0.2, 0.25) is 0 Å². The van der Waals surface area contributed by atoms with Crippen molar-refractivity contribution in [1.29, 1.82) is 0 Å². The Morgan fingerprint density at radius 3 is 2.20 bits per heavy atom. The number of allylic oxidation sites excluding steroid dienone is 4. The van der Waals surface area contributed by atoms with Gasteiger partial charge in [-0.2, -0.15) is 0 Å². The standard InChI is InChI=1S/C60H99F2N3O16/c1-16-44-58(13,74)48(69)35(7)65(21-17-20-64-53(72)60(75)31(3)22-38-39-25-41(61)40-24-37(66)18-19-54(40,9)59(39,62)43(67)27-55(38,60)10)29-30(2)26-56(11,73)50(81-52-46(68)42(63-14)23-32(4)77-52)33(5)47(34(6)51(71)79-44)80-45-28-57(12,76-15)49(70)36(8)78-45/h18-19,30-36,38-39,42-50,52,63,67-70,73-75H,16-17,20-29H2,1-15H3,(H,64,72)/t30-,31-,32-,33+,34-,35-,36+,38?,39?,42+,43+,44-,45+,46-,47+,48-,49+,50-,52+,54+,55+,56-,57-,58-,59+,60+/m1/s1. The van der Waals surface area contributed by atoms with Gasteiger partial charge in [-0.05, 0) is 130 Å². The van der Waals surface area contributed by atoms with Gasteiger partial charge in [-0.25, -0.2) is 8.78 Å².